The van der Waals surface area contributed by atoms with E-state index < -0.39 is 0 Å². The van der Waals surface area contributed by atoms with E-state index >= 15 is 0 Å². The fraction of sp³-hybridized carbons (Fsp3) is 0.647. The molecule has 1 heterocycles. The Morgan fingerprint density at radius 3 is 2.50 bits per heavy atom. The van der Waals surface area contributed by atoms with Crippen molar-refractivity contribution < 1.29 is 4.74 Å². The van der Waals surface area contributed by atoms with E-state index in [0.717, 1.165) is 13.0 Å². The van der Waals surface area contributed by atoms with Crippen LogP contribution >= 0.6 is 0 Å². The molecule has 3 rings (SSSR count). The summed E-state index contributed by atoms with van der Waals surface area (Å²) in [5.41, 5.74) is 2.67. The molecule has 1 aliphatic carbocycles. The molecule has 1 unspecified atom stereocenters. The van der Waals surface area contributed by atoms with E-state index in [4.69, 9.17) is 4.74 Å². The molecule has 1 saturated heterocycles. The van der Waals surface area contributed by atoms with Crippen molar-refractivity contribution in [1.82, 2.24) is 0 Å². The predicted octanol–water partition coefficient (Wildman–Crippen LogP) is 3.66. The molecule has 1 aliphatic heterocycles. The van der Waals surface area contributed by atoms with E-state index in [1.165, 1.54) is 43.5 Å². The topological polar surface area (TPSA) is 24.5 Å². The van der Waals surface area contributed by atoms with E-state index in [-0.39, 0.29) is 5.60 Å². The van der Waals surface area contributed by atoms with Gasteiger partial charge in [-0.25, -0.2) is 0 Å². The molecule has 2 aliphatic rings. The monoisotopic (exact) mass is 274 g/mol. The highest BCUT2D eigenvalue weighted by atomic mass is 16.5. The smallest absolute Gasteiger partial charge is 0.0702 e. The minimum atomic E-state index is 0.194. The number of nitrogens with one attached hydrogen (secondary N) is 1. The van der Waals surface area contributed by atoms with Gasteiger partial charge in [0.25, 0.3) is 0 Å². The van der Waals surface area contributed by atoms with Crippen LogP contribution in [0.4, 0.5) is 11.4 Å². The molecule has 1 saturated carbocycles. The Bertz CT molecular complexity index is 435. The van der Waals surface area contributed by atoms with Crippen molar-refractivity contribution in [2.75, 3.05) is 30.9 Å². The van der Waals surface area contributed by atoms with Gasteiger partial charge in [-0.3, -0.25) is 0 Å². The van der Waals surface area contributed by atoms with Crippen molar-refractivity contribution in [3.8, 4) is 0 Å². The molecule has 1 aromatic rings. The van der Waals surface area contributed by atoms with Crippen molar-refractivity contribution in [3.05, 3.63) is 24.3 Å². The van der Waals surface area contributed by atoms with Crippen molar-refractivity contribution in [3.63, 3.8) is 0 Å². The van der Waals surface area contributed by atoms with E-state index in [1.54, 1.807) is 0 Å². The predicted molar refractivity (Wildman–Crippen MR) is 84.6 cm³/mol. The first kappa shape index (κ1) is 13.7. The fourth-order valence-electron chi connectivity index (χ4n) is 3.61. The highest BCUT2D eigenvalue weighted by molar-refractivity contribution is 5.54. The lowest BCUT2D eigenvalue weighted by atomic mass is 9.89. The average molecular weight is 274 g/mol. The number of nitrogens with zero attached hydrogens (tertiary/aromatic N) is 1. The lowest BCUT2D eigenvalue weighted by molar-refractivity contribution is -0.0767. The SMILES string of the molecule is CN(C)c1ccc(NC2CCOC3(CCCC3)C2)cc1. The van der Waals surface area contributed by atoms with Gasteiger partial charge in [-0.15, -0.1) is 0 Å². The van der Waals surface area contributed by atoms with Crippen LogP contribution in [0.15, 0.2) is 24.3 Å². The van der Waals surface area contributed by atoms with Crippen molar-refractivity contribution >= 4 is 11.4 Å². The molecule has 3 heteroatoms. The summed E-state index contributed by atoms with van der Waals surface area (Å²) >= 11 is 0. The van der Waals surface area contributed by atoms with Gasteiger partial charge in [0.2, 0.25) is 0 Å². The second-order valence-electron chi connectivity index (χ2n) is 6.51. The van der Waals surface area contributed by atoms with Crippen LogP contribution < -0.4 is 10.2 Å². The van der Waals surface area contributed by atoms with Gasteiger partial charge in [-0.05, 0) is 49.9 Å². The molecule has 0 aromatic heterocycles. The van der Waals surface area contributed by atoms with Crippen molar-refractivity contribution in [1.29, 1.82) is 0 Å². The molecule has 1 aromatic carbocycles. The fourth-order valence-corrected chi connectivity index (χ4v) is 3.61. The Balaban J connectivity index is 1.62. The molecular formula is C17H26N2O. The normalized spacial score (nSPS) is 24.8. The molecule has 20 heavy (non-hydrogen) atoms. The van der Waals surface area contributed by atoms with Gasteiger partial charge in [0, 0.05) is 38.1 Å². The number of anilines is 2. The lowest BCUT2D eigenvalue weighted by Crippen LogP contribution is -2.42. The number of hydrogen-bond acceptors (Lipinski definition) is 3. The maximum absolute atomic E-state index is 6.10. The Hall–Kier alpha value is -1.22. The van der Waals surface area contributed by atoms with Crippen LogP contribution in [0.25, 0.3) is 0 Å². The second-order valence-corrected chi connectivity index (χ2v) is 6.51. The molecule has 0 bridgehead atoms. The summed E-state index contributed by atoms with van der Waals surface area (Å²) in [5.74, 6) is 0. The summed E-state index contributed by atoms with van der Waals surface area (Å²) in [5, 5.41) is 3.70. The molecule has 1 spiro atoms. The van der Waals surface area contributed by atoms with E-state index in [2.05, 4.69) is 48.6 Å². The van der Waals surface area contributed by atoms with Gasteiger partial charge in [-0.2, -0.15) is 0 Å². The van der Waals surface area contributed by atoms with Gasteiger partial charge in [0.1, 0.15) is 0 Å². The molecule has 1 atom stereocenters. The third-order valence-corrected chi connectivity index (χ3v) is 4.76. The summed E-state index contributed by atoms with van der Waals surface area (Å²) < 4.78 is 6.10. The molecule has 110 valence electrons. The maximum Gasteiger partial charge on any atom is 0.0702 e. The Labute approximate surface area is 122 Å². The summed E-state index contributed by atoms with van der Waals surface area (Å²) in [4.78, 5) is 2.13. The van der Waals surface area contributed by atoms with Crippen LogP contribution in [0, 0.1) is 0 Å². The summed E-state index contributed by atoms with van der Waals surface area (Å²) in [6, 6.07) is 9.28. The average Bonchev–Trinajstić information content (AvgIpc) is 2.87. The highest BCUT2D eigenvalue weighted by Gasteiger charge is 2.39. The van der Waals surface area contributed by atoms with Gasteiger partial charge in [0.15, 0.2) is 0 Å². The van der Waals surface area contributed by atoms with Gasteiger partial charge < -0.3 is 15.0 Å². The number of ether oxygens (including phenoxy) is 1. The molecule has 3 nitrogen and oxygen atoms in total. The lowest BCUT2D eigenvalue weighted by Gasteiger charge is -2.39. The first-order valence-corrected chi connectivity index (χ1v) is 7.85. The van der Waals surface area contributed by atoms with E-state index in [9.17, 15) is 0 Å². The number of hydrogen-bond donors (Lipinski definition) is 1. The Morgan fingerprint density at radius 2 is 1.85 bits per heavy atom. The quantitative estimate of drug-likeness (QED) is 0.910. The van der Waals surface area contributed by atoms with Crippen LogP contribution in [0.2, 0.25) is 0 Å². The Kier molecular flexibility index (Phi) is 3.88. The first-order chi connectivity index (χ1) is 9.67. The number of benzene rings is 1. The molecule has 0 radical (unpaired) electrons. The van der Waals surface area contributed by atoms with Crippen LogP contribution in [0.3, 0.4) is 0 Å². The zero-order valence-corrected chi connectivity index (χ0v) is 12.7. The van der Waals surface area contributed by atoms with Crippen LogP contribution in [-0.2, 0) is 4.74 Å². The van der Waals surface area contributed by atoms with Gasteiger partial charge in [-0.1, -0.05) is 12.8 Å². The standard InChI is InChI=1S/C17H26N2O/c1-19(2)16-7-5-14(6-8-16)18-15-9-12-20-17(13-15)10-3-4-11-17/h5-8,15,18H,3-4,9-13H2,1-2H3. The third kappa shape index (κ3) is 2.93. The summed E-state index contributed by atoms with van der Waals surface area (Å²) in [7, 11) is 4.15. The maximum atomic E-state index is 6.10. The zero-order valence-electron chi connectivity index (χ0n) is 12.7. The molecule has 0 amide bonds. The van der Waals surface area contributed by atoms with Crippen LogP contribution in [-0.4, -0.2) is 32.3 Å². The molecule has 1 N–H and O–H groups in total. The highest BCUT2D eigenvalue weighted by Crippen LogP contribution is 2.40. The minimum absolute atomic E-state index is 0.194. The Morgan fingerprint density at radius 1 is 1.15 bits per heavy atom. The largest absolute Gasteiger partial charge is 0.382 e. The first-order valence-electron chi connectivity index (χ1n) is 7.85. The minimum Gasteiger partial charge on any atom is -0.382 e. The van der Waals surface area contributed by atoms with Crippen molar-refractivity contribution in [2.24, 2.45) is 0 Å². The third-order valence-electron chi connectivity index (χ3n) is 4.76. The second kappa shape index (κ2) is 5.65. The summed E-state index contributed by atoms with van der Waals surface area (Å²) in [6.07, 6.45) is 7.48. The van der Waals surface area contributed by atoms with E-state index in [0.29, 0.717) is 6.04 Å². The van der Waals surface area contributed by atoms with Gasteiger partial charge >= 0.3 is 0 Å². The molecule has 2 fully saturated rings. The summed E-state index contributed by atoms with van der Waals surface area (Å²) in [6.45, 7) is 0.910. The van der Waals surface area contributed by atoms with Crippen molar-refractivity contribution in [2.45, 2.75) is 50.2 Å². The van der Waals surface area contributed by atoms with Gasteiger partial charge in [0.05, 0.1) is 5.60 Å². The van der Waals surface area contributed by atoms with Crippen LogP contribution in [0.1, 0.15) is 38.5 Å². The van der Waals surface area contributed by atoms with E-state index in [1.807, 2.05) is 0 Å². The molecular weight excluding hydrogens is 248 g/mol. The van der Waals surface area contributed by atoms with Crippen LogP contribution in [0.5, 0.6) is 0 Å². The zero-order chi connectivity index (χ0) is 14.0. The number of rotatable bonds is 3.